The Balaban J connectivity index is 2.08. The fourth-order valence-corrected chi connectivity index (χ4v) is 4.03. The zero-order valence-corrected chi connectivity index (χ0v) is 15.1. The Kier molecular flexibility index (Phi) is 6.29. The summed E-state index contributed by atoms with van der Waals surface area (Å²) in [5, 5.41) is 4.74. The number of ether oxygens (including phenoxy) is 1. The Hall–Kier alpha value is -1.73. The van der Waals surface area contributed by atoms with Gasteiger partial charge in [0.1, 0.15) is 0 Å². The van der Waals surface area contributed by atoms with Crippen LogP contribution in [-0.4, -0.2) is 23.5 Å². The maximum Gasteiger partial charge on any atom is 0.357 e. The second-order valence-electron chi connectivity index (χ2n) is 4.88. The number of carbonyl (C=O) groups is 2. The molecule has 2 rings (SSSR count). The van der Waals surface area contributed by atoms with Crippen LogP contribution in [0.4, 0.5) is 5.13 Å². The lowest BCUT2D eigenvalue weighted by molar-refractivity contribution is 0.0520. The first-order valence-electron chi connectivity index (χ1n) is 7.64. The molecular weight excluding hydrogens is 332 g/mol. The standard InChI is InChI=1S/C16H20N2O3S2/c1-4-7-12-10(5-2)8-13(23-12)14(19)18-16-17-11(9-22-16)15(20)21-6-3/h8-9H,4-7H2,1-3H3,(H,17,18,19). The summed E-state index contributed by atoms with van der Waals surface area (Å²) in [4.78, 5) is 30.0. The first-order valence-corrected chi connectivity index (χ1v) is 9.34. The van der Waals surface area contributed by atoms with E-state index in [1.807, 2.05) is 6.07 Å². The fraction of sp³-hybridized carbons (Fsp3) is 0.438. The number of hydrogen-bond acceptors (Lipinski definition) is 6. The highest BCUT2D eigenvalue weighted by molar-refractivity contribution is 7.15. The van der Waals surface area contributed by atoms with Crippen molar-refractivity contribution in [3.05, 3.63) is 32.5 Å². The molecule has 0 aliphatic carbocycles. The smallest absolute Gasteiger partial charge is 0.357 e. The Morgan fingerprint density at radius 1 is 1.30 bits per heavy atom. The van der Waals surface area contributed by atoms with E-state index in [1.165, 1.54) is 33.1 Å². The first-order chi connectivity index (χ1) is 11.1. The van der Waals surface area contributed by atoms with Crippen molar-refractivity contribution in [2.75, 3.05) is 11.9 Å². The molecule has 0 aliphatic rings. The topological polar surface area (TPSA) is 68.3 Å². The number of amides is 1. The highest BCUT2D eigenvalue weighted by Gasteiger charge is 2.17. The fourth-order valence-electron chi connectivity index (χ4n) is 2.10. The molecule has 2 aromatic rings. The number of thiophene rings is 1. The number of thiazole rings is 1. The number of carbonyl (C=O) groups excluding carboxylic acids is 2. The Bertz CT molecular complexity index is 691. The molecular formula is C16H20N2O3S2. The molecule has 0 radical (unpaired) electrons. The third-order valence-electron chi connectivity index (χ3n) is 3.19. The van der Waals surface area contributed by atoms with Gasteiger partial charge in [-0.15, -0.1) is 22.7 Å². The van der Waals surface area contributed by atoms with Gasteiger partial charge in [0, 0.05) is 10.3 Å². The maximum absolute atomic E-state index is 12.4. The molecule has 0 bridgehead atoms. The summed E-state index contributed by atoms with van der Waals surface area (Å²) in [6.45, 7) is 6.26. The highest BCUT2D eigenvalue weighted by atomic mass is 32.1. The van der Waals surface area contributed by atoms with Gasteiger partial charge in [-0.25, -0.2) is 9.78 Å². The number of aromatic nitrogens is 1. The SMILES string of the molecule is CCCc1sc(C(=O)Nc2nc(C(=O)OCC)cs2)cc1CC. The van der Waals surface area contributed by atoms with Crippen molar-refractivity contribution >= 4 is 39.7 Å². The molecule has 1 N–H and O–H groups in total. The summed E-state index contributed by atoms with van der Waals surface area (Å²) in [7, 11) is 0. The third-order valence-corrected chi connectivity index (χ3v) is 5.18. The van der Waals surface area contributed by atoms with Gasteiger partial charge in [0.2, 0.25) is 0 Å². The van der Waals surface area contributed by atoms with E-state index in [0.29, 0.717) is 16.6 Å². The van der Waals surface area contributed by atoms with Crippen LogP contribution in [0.25, 0.3) is 0 Å². The first kappa shape index (κ1) is 17.6. The predicted molar refractivity (Wildman–Crippen MR) is 93.7 cm³/mol. The molecule has 0 fully saturated rings. The maximum atomic E-state index is 12.4. The molecule has 124 valence electrons. The van der Waals surface area contributed by atoms with E-state index < -0.39 is 5.97 Å². The molecule has 2 aromatic heterocycles. The zero-order chi connectivity index (χ0) is 16.8. The monoisotopic (exact) mass is 352 g/mol. The zero-order valence-electron chi connectivity index (χ0n) is 13.5. The Morgan fingerprint density at radius 2 is 2.09 bits per heavy atom. The van der Waals surface area contributed by atoms with Gasteiger partial charge in [-0.3, -0.25) is 10.1 Å². The summed E-state index contributed by atoms with van der Waals surface area (Å²) >= 11 is 2.74. The molecule has 5 nitrogen and oxygen atoms in total. The summed E-state index contributed by atoms with van der Waals surface area (Å²) in [6.07, 6.45) is 2.97. The van der Waals surface area contributed by atoms with Crippen molar-refractivity contribution in [1.82, 2.24) is 4.98 Å². The molecule has 1 amide bonds. The lowest BCUT2D eigenvalue weighted by atomic mass is 10.1. The van der Waals surface area contributed by atoms with E-state index in [1.54, 1.807) is 12.3 Å². The molecule has 2 heterocycles. The summed E-state index contributed by atoms with van der Waals surface area (Å²) in [5.74, 6) is -0.657. The minimum atomic E-state index is -0.473. The minimum Gasteiger partial charge on any atom is -0.461 e. The van der Waals surface area contributed by atoms with E-state index in [0.717, 1.165) is 19.3 Å². The molecule has 0 saturated carbocycles. The van der Waals surface area contributed by atoms with Gasteiger partial charge in [0.25, 0.3) is 5.91 Å². The number of nitrogens with zero attached hydrogens (tertiary/aromatic N) is 1. The average molecular weight is 352 g/mol. The van der Waals surface area contributed by atoms with Gasteiger partial charge >= 0.3 is 5.97 Å². The molecule has 0 aliphatic heterocycles. The lowest BCUT2D eigenvalue weighted by Crippen LogP contribution is -2.11. The van der Waals surface area contributed by atoms with Crippen LogP contribution in [0.15, 0.2) is 11.4 Å². The van der Waals surface area contributed by atoms with Crippen LogP contribution in [-0.2, 0) is 17.6 Å². The number of esters is 1. The van der Waals surface area contributed by atoms with Crippen LogP contribution in [0.3, 0.4) is 0 Å². The van der Waals surface area contributed by atoms with E-state index in [-0.39, 0.29) is 11.6 Å². The van der Waals surface area contributed by atoms with Gasteiger partial charge in [0.15, 0.2) is 10.8 Å². The van der Waals surface area contributed by atoms with Gasteiger partial charge in [0.05, 0.1) is 11.5 Å². The molecule has 23 heavy (non-hydrogen) atoms. The van der Waals surface area contributed by atoms with E-state index in [9.17, 15) is 9.59 Å². The van der Waals surface area contributed by atoms with Crippen molar-refractivity contribution in [2.24, 2.45) is 0 Å². The van der Waals surface area contributed by atoms with Crippen LogP contribution in [0.5, 0.6) is 0 Å². The summed E-state index contributed by atoms with van der Waals surface area (Å²) < 4.78 is 4.89. The normalized spacial score (nSPS) is 10.6. The van der Waals surface area contributed by atoms with E-state index >= 15 is 0 Å². The van der Waals surface area contributed by atoms with Crippen molar-refractivity contribution in [2.45, 2.75) is 40.0 Å². The van der Waals surface area contributed by atoms with Crippen molar-refractivity contribution in [3.63, 3.8) is 0 Å². The summed E-state index contributed by atoms with van der Waals surface area (Å²) in [6, 6.07) is 1.95. The van der Waals surface area contributed by atoms with Crippen LogP contribution in [0.2, 0.25) is 0 Å². The molecule has 0 spiro atoms. The third kappa shape index (κ3) is 4.39. The number of aryl methyl sites for hydroxylation is 2. The van der Waals surface area contributed by atoms with Gasteiger partial charge in [-0.2, -0.15) is 0 Å². The van der Waals surface area contributed by atoms with Crippen molar-refractivity contribution in [1.29, 1.82) is 0 Å². The van der Waals surface area contributed by atoms with Crippen LogP contribution in [0.1, 0.15) is 57.8 Å². The van der Waals surface area contributed by atoms with E-state index in [4.69, 9.17) is 4.74 Å². The molecule has 0 atom stereocenters. The lowest BCUT2D eigenvalue weighted by Gasteiger charge is -1.98. The molecule has 0 unspecified atom stereocenters. The van der Waals surface area contributed by atoms with Crippen LogP contribution in [0, 0.1) is 0 Å². The Morgan fingerprint density at radius 3 is 2.74 bits per heavy atom. The number of hydrogen-bond donors (Lipinski definition) is 1. The van der Waals surface area contributed by atoms with Crippen LogP contribution >= 0.6 is 22.7 Å². The molecule has 0 aromatic carbocycles. The second-order valence-corrected chi connectivity index (χ2v) is 6.87. The second kappa shape index (κ2) is 8.21. The van der Waals surface area contributed by atoms with Gasteiger partial charge in [-0.05, 0) is 31.4 Å². The van der Waals surface area contributed by atoms with E-state index in [2.05, 4.69) is 24.1 Å². The van der Waals surface area contributed by atoms with Gasteiger partial charge in [-0.1, -0.05) is 20.3 Å². The minimum absolute atomic E-state index is 0.184. The Labute approximate surface area is 143 Å². The summed E-state index contributed by atoms with van der Waals surface area (Å²) in [5.41, 5.74) is 1.45. The quantitative estimate of drug-likeness (QED) is 0.760. The van der Waals surface area contributed by atoms with Gasteiger partial charge < -0.3 is 4.74 Å². The number of nitrogens with one attached hydrogen (secondary N) is 1. The number of rotatable bonds is 7. The molecule has 7 heteroatoms. The van der Waals surface area contributed by atoms with Crippen molar-refractivity contribution in [3.8, 4) is 0 Å². The molecule has 0 saturated heterocycles. The number of anilines is 1. The van der Waals surface area contributed by atoms with Crippen molar-refractivity contribution < 1.29 is 14.3 Å². The average Bonchev–Trinajstić information content (AvgIpc) is 3.15. The largest absolute Gasteiger partial charge is 0.461 e. The highest BCUT2D eigenvalue weighted by Crippen LogP contribution is 2.26. The van der Waals surface area contributed by atoms with Crippen LogP contribution < -0.4 is 5.32 Å². The predicted octanol–water partition coefficient (Wildman–Crippen LogP) is 4.15.